The molecule has 0 aliphatic carbocycles. The molecule has 1 fully saturated rings. The van der Waals surface area contributed by atoms with Crippen LogP contribution in [-0.4, -0.2) is 61.9 Å². The average Bonchev–Trinajstić information content (AvgIpc) is 2.42. The summed E-state index contributed by atoms with van der Waals surface area (Å²) < 4.78 is 46.2. The highest BCUT2D eigenvalue weighted by molar-refractivity contribution is 7.92. The van der Waals surface area contributed by atoms with E-state index in [2.05, 4.69) is 6.58 Å². The molecule has 148 valence electrons. The molecule has 5 atom stereocenters. The van der Waals surface area contributed by atoms with Gasteiger partial charge in [0.25, 0.3) is 0 Å². The molecule has 0 aromatic rings. The lowest BCUT2D eigenvalue weighted by Crippen LogP contribution is -2.62. The largest absolute Gasteiger partial charge is 0.456 e. The molecule has 10 heteroatoms. The monoisotopic (exact) mass is 392 g/mol. The topological polar surface area (TPSA) is 122 Å². The number of hydrogen-bond acceptors (Lipinski definition) is 9. The number of carbonyl (C=O) groups is 3. The van der Waals surface area contributed by atoms with Gasteiger partial charge in [0.2, 0.25) is 0 Å². The van der Waals surface area contributed by atoms with Gasteiger partial charge >= 0.3 is 17.9 Å². The maximum atomic E-state index is 12.7. The van der Waals surface area contributed by atoms with E-state index >= 15 is 0 Å². The van der Waals surface area contributed by atoms with Gasteiger partial charge in [0.05, 0.1) is 11.9 Å². The van der Waals surface area contributed by atoms with Crippen molar-refractivity contribution in [2.24, 2.45) is 0 Å². The molecule has 26 heavy (non-hydrogen) atoms. The van der Waals surface area contributed by atoms with E-state index in [1.54, 1.807) is 0 Å². The molecule has 0 radical (unpaired) electrons. The third-order valence-corrected chi connectivity index (χ3v) is 5.42. The maximum Gasteiger partial charge on any atom is 0.303 e. The number of rotatable bonds is 6. The van der Waals surface area contributed by atoms with E-state index in [0.717, 1.165) is 20.8 Å². The van der Waals surface area contributed by atoms with Gasteiger partial charge in [-0.1, -0.05) is 12.2 Å². The van der Waals surface area contributed by atoms with Crippen LogP contribution in [0, 0.1) is 0 Å². The van der Waals surface area contributed by atoms with E-state index in [-0.39, 0.29) is 0 Å². The van der Waals surface area contributed by atoms with E-state index < -0.39 is 63.3 Å². The van der Waals surface area contributed by atoms with Crippen molar-refractivity contribution in [1.82, 2.24) is 0 Å². The number of hydrogen-bond donors (Lipinski definition) is 0. The standard InChI is InChI=1S/C16H24O9S/c1-8(2)7-26(20,21)16-15(25-12(6)19)14(24-11(5)18)13(9(3)22-16)23-10(4)17/h9,13-16H,1,7H2,2-6H3/t9-,13+,14+,15-,16?/m0/s1. The van der Waals surface area contributed by atoms with E-state index in [1.165, 1.54) is 13.8 Å². The molecule has 0 saturated carbocycles. The second-order valence-corrected chi connectivity index (χ2v) is 8.28. The predicted octanol–water partition coefficient (Wildman–Crippen LogP) is 0.517. The number of esters is 3. The van der Waals surface area contributed by atoms with Crippen LogP contribution in [0.15, 0.2) is 12.2 Å². The van der Waals surface area contributed by atoms with Crippen molar-refractivity contribution in [2.75, 3.05) is 5.75 Å². The minimum Gasteiger partial charge on any atom is -0.456 e. The first-order chi connectivity index (χ1) is 11.8. The molecule has 1 saturated heterocycles. The highest BCUT2D eigenvalue weighted by Crippen LogP contribution is 2.31. The van der Waals surface area contributed by atoms with Crippen molar-refractivity contribution >= 4 is 27.7 Å². The van der Waals surface area contributed by atoms with Gasteiger partial charge in [0.1, 0.15) is 0 Å². The quantitative estimate of drug-likeness (QED) is 0.361. The molecule has 1 rings (SSSR count). The molecule has 1 unspecified atom stereocenters. The van der Waals surface area contributed by atoms with Crippen molar-refractivity contribution < 1.29 is 41.7 Å². The lowest BCUT2D eigenvalue weighted by atomic mass is 10.00. The highest BCUT2D eigenvalue weighted by atomic mass is 32.2. The fourth-order valence-electron chi connectivity index (χ4n) is 2.68. The SMILES string of the molecule is C=C(C)CS(=O)(=O)C1O[C@@H](C)[C@@H](OC(C)=O)[C@@H](OC(C)=O)[C@@H]1OC(C)=O. The van der Waals surface area contributed by atoms with Crippen LogP contribution in [-0.2, 0) is 43.2 Å². The lowest BCUT2D eigenvalue weighted by molar-refractivity contribution is -0.230. The Bertz CT molecular complexity index is 682. The van der Waals surface area contributed by atoms with Gasteiger partial charge in [-0.05, 0) is 13.8 Å². The van der Waals surface area contributed by atoms with Crippen molar-refractivity contribution in [3.05, 3.63) is 12.2 Å². The van der Waals surface area contributed by atoms with E-state index in [9.17, 15) is 22.8 Å². The molecular weight excluding hydrogens is 368 g/mol. The Kier molecular flexibility index (Phi) is 7.34. The van der Waals surface area contributed by atoms with Crippen LogP contribution in [0.5, 0.6) is 0 Å². The van der Waals surface area contributed by atoms with Gasteiger partial charge in [-0.15, -0.1) is 0 Å². The fraction of sp³-hybridized carbons (Fsp3) is 0.688. The van der Waals surface area contributed by atoms with Gasteiger partial charge in [-0.25, -0.2) is 8.42 Å². The summed E-state index contributed by atoms with van der Waals surface area (Å²) in [5.74, 6) is -2.66. The van der Waals surface area contributed by atoms with E-state index in [0.29, 0.717) is 5.57 Å². The first-order valence-corrected chi connectivity index (χ1v) is 9.59. The second kappa shape index (κ2) is 8.63. The summed E-state index contributed by atoms with van der Waals surface area (Å²) >= 11 is 0. The Hall–Kier alpha value is -1.94. The minimum atomic E-state index is -3.96. The van der Waals surface area contributed by atoms with Gasteiger partial charge in [-0.2, -0.15) is 0 Å². The Morgan fingerprint density at radius 3 is 1.73 bits per heavy atom. The number of ether oxygens (including phenoxy) is 4. The molecule has 0 N–H and O–H groups in total. The Balaban J connectivity index is 3.38. The molecule has 1 heterocycles. The van der Waals surface area contributed by atoms with Crippen LogP contribution >= 0.6 is 0 Å². The lowest BCUT2D eigenvalue weighted by Gasteiger charge is -2.43. The Labute approximate surface area is 152 Å². The molecule has 0 aromatic carbocycles. The molecule has 1 aliphatic rings. The number of sulfone groups is 1. The average molecular weight is 392 g/mol. The van der Waals surface area contributed by atoms with Crippen LogP contribution in [0.25, 0.3) is 0 Å². The van der Waals surface area contributed by atoms with Crippen LogP contribution in [0.4, 0.5) is 0 Å². The van der Waals surface area contributed by atoms with Crippen LogP contribution < -0.4 is 0 Å². The predicted molar refractivity (Wildman–Crippen MR) is 89.6 cm³/mol. The van der Waals surface area contributed by atoms with Crippen LogP contribution in [0.3, 0.4) is 0 Å². The molecule has 1 aliphatic heterocycles. The second-order valence-electron chi connectivity index (χ2n) is 6.20. The zero-order valence-corrected chi connectivity index (χ0v) is 16.2. The van der Waals surface area contributed by atoms with Gasteiger partial charge in [-0.3, -0.25) is 14.4 Å². The normalized spacial score (nSPS) is 28.7. The smallest absolute Gasteiger partial charge is 0.303 e. The zero-order chi connectivity index (χ0) is 20.2. The highest BCUT2D eigenvalue weighted by Gasteiger charge is 2.54. The fourth-order valence-corrected chi connectivity index (χ4v) is 4.50. The minimum absolute atomic E-state index is 0.356. The Morgan fingerprint density at radius 2 is 1.31 bits per heavy atom. The molecule has 9 nitrogen and oxygen atoms in total. The van der Waals surface area contributed by atoms with E-state index in [4.69, 9.17) is 18.9 Å². The summed E-state index contributed by atoms with van der Waals surface area (Å²) in [6.45, 7) is 9.88. The summed E-state index contributed by atoms with van der Waals surface area (Å²) in [5.41, 5.74) is -1.25. The molecule has 0 aromatic heterocycles. The van der Waals surface area contributed by atoms with Gasteiger partial charge in [0, 0.05) is 20.8 Å². The first kappa shape index (κ1) is 22.1. The van der Waals surface area contributed by atoms with Crippen molar-refractivity contribution in [3.63, 3.8) is 0 Å². The van der Waals surface area contributed by atoms with Crippen molar-refractivity contribution in [2.45, 2.75) is 64.5 Å². The molecule has 0 bridgehead atoms. The maximum absolute atomic E-state index is 12.7. The van der Waals surface area contributed by atoms with Gasteiger partial charge < -0.3 is 18.9 Å². The summed E-state index contributed by atoms with van der Waals surface area (Å²) in [7, 11) is -3.96. The molecule has 0 spiro atoms. The van der Waals surface area contributed by atoms with Gasteiger partial charge in [0.15, 0.2) is 33.6 Å². The summed E-state index contributed by atoms with van der Waals surface area (Å²) in [5, 5.41) is 0. The third-order valence-electron chi connectivity index (χ3n) is 3.43. The summed E-state index contributed by atoms with van der Waals surface area (Å²) in [4.78, 5) is 34.4. The molecular formula is C16H24O9S. The van der Waals surface area contributed by atoms with Crippen LogP contribution in [0.1, 0.15) is 34.6 Å². The first-order valence-electron chi connectivity index (χ1n) is 7.88. The van der Waals surface area contributed by atoms with Crippen molar-refractivity contribution in [1.29, 1.82) is 0 Å². The molecule has 0 amide bonds. The summed E-state index contributed by atoms with van der Waals surface area (Å²) in [6.07, 6.45) is -4.91. The zero-order valence-electron chi connectivity index (χ0n) is 15.4. The number of carbonyl (C=O) groups excluding carboxylic acids is 3. The third kappa shape index (κ3) is 5.80. The van der Waals surface area contributed by atoms with E-state index in [1.807, 2.05) is 0 Å². The summed E-state index contributed by atoms with van der Waals surface area (Å²) in [6, 6.07) is 0. The van der Waals surface area contributed by atoms with Crippen LogP contribution in [0.2, 0.25) is 0 Å². The van der Waals surface area contributed by atoms with Crippen molar-refractivity contribution in [3.8, 4) is 0 Å². The Morgan fingerprint density at radius 1 is 0.885 bits per heavy atom.